The normalized spacial score (nSPS) is 14.1. The number of nitrogens with zero attached hydrogens (tertiary/aromatic N) is 6. The summed E-state index contributed by atoms with van der Waals surface area (Å²) in [6, 6.07) is 9.47. The third-order valence-electron chi connectivity index (χ3n) is 5.06. The van der Waals surface area contributed by atoms with E-state index in [9.17, 15) is 14.0 Å². The Balaban J connectivity index is 1.48. The maximum Gasteiger partial charge on any atom is 0.255 e. The van der Waals surface area contributed by atoms with Crippen LogP contribution in [0.25, 0.3) is 5.69 Å². The number of amides is 1. The lowest BCUT2D eigenvalue weighted by molar-refractivity contribution is 0.0746. The Kier molecular flexibility index (Phi) is 5.45. The van der Waals surface area contributed by atoms with Crippen LogP contribution < -0.4 is 4.90 Å². The number of tetrazole rings is 1. The van der Waals surface area contributed by atoms with Gasteiger partial charge in [0.05, 0.1) is 22.0 Å². The fourth-order valence-electron chi connectivity index (χ4n) is 3.40. The second-order valence-corrected chi connectivity index (χ2v) is 7.33. The predicted octanol–water partition coefficient (Wildman–Crippen LogP) is 2.62. The SMILES string of the molecule is CC(=O)c1ccc(N2CCN(C(=O)c3cc(-n4cnnn4)ccc3Cl)CC2)c(F)c1. The molecule has 0 unspecified atom stereocenters. The second kappa shape index (κ2) is 8.19. The lowest BCUT2D eigenvalue weighted by Crippen LogP contribution is -2.49. The Morgan fingerprint density at radius 3 is 2.47 bits per heavy atom. The van der Waals surface area contributed by atoms with E-state index in [0.717, 1.165) is 0 Å². The van der Waals surface area contributed by atoms with Crippen molar-refractivity contribution < 1.29 is 14.0 Å². The molecule has 1 amide bonds. The van der Waals surface area contributed by atoms with E-state index in [4.69, 9.17) is 11.6 Å². The van der Waals surface area contributed by atoms with Crippen molar-refractivity contribution in [1.82, 2.24) is 25.1 Å². The summed E-state index contributed by atoms with van der Waals surface area (Å²) >= 11 is 6.26. The molecule has 0 N–H and O–H groups in total. The van der Waals surface area contributed by atoms with Crippen molar-refractivity contribution in [2.24, 2.45) is 0 Å². The fraction of sp³-hybridized carbons (Fsp3) is 0.250. The van der Waals surface area contributed by atoms with E-state index in [1.54, 1.807) is 35.2 Å². The van der Waals surface area contributed by atoms with Gasteiger partial charge in [0.1, 0.15) is 12.1 Å². The van der Waals surface area contributed by atoms with Crippen molar-refractivity contribution in [2.45, 2.75) is 6.92 Å². The van der Waals surface area contributed by atoms with E-state index in [1.165, 1.54) is 24.0 Å². The molecule has 1 fully saturated rings. The van der Waals surface area contributed by atoms with Crippen LogP contribution in [0.15, 0.2) is 42.7 Å². The van der Waals surface area contributed by atoms with E-state index in [2.05, 4.69) is 15.5 Å². The number of Topliss-reactive ketones (excluding diaryl/α,β-unsaturated/α-hetero) is 1. The number of benzene rings is 2. The van der Waals surface area contributed by atoms with Crippen LogP contribution in [0.1, 0.15) is 27.6 Å². The first kappa shape index (κ1) is 20.0. The van der Waals surface area contributed by atoms with Crippen molar-refractivity contribution in [2.75, 3.05) is 31.1 Å². The monoisotopic (exact) mass is 428 g/mol. The summed E-state index contributed by atoms with van der Waals surface area (Å²) < 4.78 is 15.9. The van der Waals surface area contributed by atoms with E-state index in [-0.39, 0.29) is 11.7 Å². The number of hydrogen-bond acceptors (Lipinski definition) is 6. The standard InChI is InChI=1S/C20H18ClFN6O2/c1-13(29)14-2-5-19(18(22)10-14)26-6-8-27(9-7-26)20(30)16-11-15(3-4-17(16)21)28-12-23-24-25-28/h2-5,10-12H,6-9H2,1H3. The summed E-state index contributed by atoms with van der Waals surface area (Å²) in [6.07, 6.45) is 1.43. The van der Waals surface area contributed by atoms with Crippen LogP contribution in [-0.4, -0.2) is 63.0 Å². The molecule has 30 heavy (non-hydrogen) atoms. The minimum atomic E-state index is -0.445. The van der Waals surface area contributed by atoms with Gasteiger partial charge in [-0.25, -0.2) is 9.07 Å². The number of halogens is 2. The van der Waals surface area contributed by atoms with Crippen LogP contribution in [0.4, 0.5) is 10.1 Å². The summed E-state index contributed by atoms with van der Waals surface area (Å²) in [6.45, 7) is 3.16. The maximum atomic E-state index is 14.4. The molecule has 10 heteroatoms. The molecular formula is C20H18ClFN6O2. The molecule has 0 atom stereocenters. The summed E-state index contributed by atoms with van der Waals surface area (Å²) in [4.78, 5) is 28.0. The Morgan fingerprint density at radius 1 is 1.07 bits per heavy atom. The van der Waals surface area contributed by atoms with Crippen molar-refractivity contribution in [3.63, 3.8) is 0 Å². The molecule has 0 aliphatic carbocycles. The van der Waals surface area contributed by atoms with Gasteiger partial charge in [-0.2, -0.15) is 0 Å². The molecule has 0 radical (unpaired) electrons. The van der Waals surface area contributed by atoms with E-state index in [1.807, 2.05) is 4.90 Å². The fourth-order valence-corrected chi connectivity index (χ4v) is 3.60. The van der Waals surface area contributed by atoms with Gasteiger partial charge in [-0.3, -0.25) is 9.59 Å². The number of piperazine rings is 1. The van der Waals surface area contributed by atoms with Crippen molar-refractivity contribution in [3.05, 3.63) is 64.7 Å². The number of hydrogen-bond donors (Lipinski definition) is 0. The van der Waals surface area contributed by atoms with Crippen LogP contribution in [0.2, 0.25) is 5.02 Å². The molecule has 2 aromatic carbocycles. The lowest BCUT2D eigenvalue weighted by atomic mass is 10.1. The van der Waals surface area contributed by atoms with Crippen LogP contribution in [0.3, 0.4) is 0 Å². The lowest BCUT2D eigenvalue weighted by Gasteiger charge is -2.36. The number of rotatable bonds is 4. The maximum absolute atomic E-state index is 14.4. The zero-order valence-corrected chi connectivity index (χ0v) is 16.9. The first-order chi connectivity index (χ1) is 14.4. The van der Waals surface area contributed by atoms with Crippen LogP contribution in [0, 0.1) is 5.82 Å². The quantitative estimate of drug-likeness (QED) is 0.594. The van der Waals surface area contributed by atoms with E-state index < -0.39 is 5.82 Å². The van der Waals surface area contributed by atoms with Gasteiger partial charge >= 0.3 is 0 Å². The highest BCUT2D eigenvalue weighted by atomic mass is 35.5. The number of anilines is 1. The third kappa shape index (κ3) is 3.88. The first-order valence-electron chi connectivity index (χ1n) is 9.31. The molecule has 0 bridgehead atoms. The van der Waals surface area contributed by atoms with Crippen LogP contribution in [-0.2, 0) is 0 Å². The average Bonchev–Trinajstić information content (AvgIpc) is 3.28. The Bertz CT molecular complexity index is 1100. The van der Waals surface area contributed by atoms with E-state index in [0.29, 0.717) is 53.7 Å². The molecular weight excluding hydrogens is 411 g/mol. The van der Waals surface area contributed by atoms with Gasteiger partial charge in [0, 0.05) is 31.7 Å². The highest BCUT2D eigenvalue weighted by molar-refractivity contribution is 6.33. The van der Waals surface area contributed by atoms with Crippen molar-refractivity contribution >= 4 is 29.0 Å². The second-order valence-electron chi connectivity index (χ2n) is 6.92. The zero-order valence-electron chi connectivity index (χ0n) is 16.1. The molecule has 8 nitrogen and oxygen atoms in total. The minimum absolute atomic E-state index is 0.184. The van der Waals surface area contributed by atoms with Gasteiger partial charge in [0.2, 0.25) is 0 Å². The summed E-state index contributed by atoms with van der Waals surface area (Å²) in [5, 5.41) is 11.3. The van der Waals surface area contributed by atoms with E-state index >= 15 is 0 Å². The number of aromatic nitrogens is 4. The molecule has 0 saturated carbocycles. The molecule has 1 aliphatic rings. The molecule has 3 aromatic rings. The molecule has 1 aromatic heterocycles. The first-order valence-corrected chi connectivity index (χ1v) is 9.69. The Hall–Kier alpha value is -3.33. The van der Waals surface area contributed by atoms with Gasteiger partial charge in [-0.05, 0) is 53.7 Å². The third-order valence-corrected chi connectivity index (χ3v) is 5.39. The summed E-state index contributed by atoms with van der Waals surface area (Å²) in [7, 11) is 0. The average molecular weight is 429 g/mol. The highest BCUT2D eigenvalue weighted by Crippen LogP contribution is 2.25. The van der Waals surface area contributed by atoms with Gasteiger partial charge < -0.3 is 9.80 Å². The molecule has 2 heterocycles. The largest absolute Gasteiger partial charge is 0.366 e. The van der Waals surface area contributed by atoms with Gasteiger partial charge in [-0.1, -0.05) is 11.6 Å². The predicted molar refractivity (Wildman–Crippen MR) is 109 cm³/mol. The minimum Gasteiger partial charge on any atom is -0.366 e. The van der Waals surface area contributed by atoms with Gasteiger partial charge in [-0.15, -0.1) is 5.10 Å². The molecule has 154 valence electrons. The van der Waals surface area contributed by atoms with Crippen molar-refractivity contribution in [3.8, 4) is 5.69 Å². The molecule has 0 spiro atoms. The number of carbonyl (C=O) groups is 2. The van der Waals surface area contributed by atoms with Crippen molar-refractivity contribution in [1.29, 1.82) is 0 Å². The molecule has 1 aliphatic heterocycles. The van der Waals surface area contributed by atoms with Crippen LogP contribution >= 0.6 is 11.6 Å². The number of ketones is 1. The van der Waals surface area contributed by atoms with Crippen LogP contribution in [0.5, 0.6) is 0 Å². The topological polar surface area (TPSA) is 84.2 Å². The van der Waals surface area contributed by atoms with Gasteiger partial charge in [0.25, 0.3) is 5.91 Å². The number of carbonyl (C=O) groups excluding carboxylic acids is 2. The molecule has 4 rings (SSSR count). The Labute approximate surface area is 176 Å². The Morgan fingerprint density at radius 2 is 1.83 bits per heavy atom. The smallest absolute Gasteiger partial charge is 0.255 e. The highest BCUT2D eigenvalue weighted by Gasteiger charge is 2.25. The summed E-state index contributed by atoms with van der Waals surface area (Å²) in [5.74, 6) is -0.835. The van der Waals surface area contributed by atoms with Gasteiger partial charge in [0.15, 0.2) is 5.78 Å². The molecule has 1 saturated heterocycles. The summed E-state index contributed by atoms with van der Waals surface area (Å²) in [5.41, 5.74) is 1.74. The zero-order chi connectivity index (χ0) is 21.3.